The van der Waals surface area contributed by atoms with Crippen LogP contribution in [-0.4, -0.2) is 33.4 Å². The van der Waals surface area contributed by atoms with E-state index in [1.807, 2.05) is 6.08 Å². The van der Waals surface area contributed by atoms with Gasteiger partial charge < -0.3 is 10.2 Å². The van der Waals surface area contributed by atoms with Crippen molar-refractivity contribution in [3.63, 3.8) is 0 Å². The number of aliphatic carboxylic acids is 1. The summed E-state index contributed by atoms with van der Waals surface area (Å²) < 4.78 is 0. The smallest absolute Gasteiger partial charge is 0.314 e. The zero-order chi connectivity index (χ0) is 19.1. The van der Waals surface area contributed by atoms with Crippen LogP contribution in [0.2, 0.25) is 0 Å². The Morgan fingerprint density at radius 3 is 2.50 bits per heavy atom. The van der Waals surface area contributed by atoms with Crippen molar-refractivity contribution in [1.29, 1.82) is 0 Å². The number of alkyl halides is 1. The van der Waals surface area contributed by atoms with E-state index in [4.69, 9.17) is 5.11 Å². The molecular formula is C21H31BrO4. The largest absolute Gasteiger partial charge is 0.481 e. The minimum atomic E-state index is -0.829. The topological polar surface area (TPSA) is 74.6 Å². The van der Waals surface area contributed by atoms with Gasteiger partial charge in [0.1, 0.15) is 5.33 Å². The molecule has 0 unspecified atom stereocenters. The molecular weight excluding hydrogens is 396 g/mol. The van der Waals surface area contributed by atoms with E-state index in [1.54, 1.807) is 0 Å². The average molecular weight is 427 g/mol. The second-order valence-electron chi connectivity index (χ2n) is 9.13. The van der Waals surface area contributed by atoms with Gasteiger partial charge in [-0.05, 0) is 79.6 Å². The van der Waals surface area contributed by atoms with Crippen molar-refractivity contribution in [2.75, 3.05) is 5.33 Å². The van der Waals surface area contributed by atoms with E-state index in [0.717, 1.165) is 37.5 Å². The number of carbonyl (C=O) groups is 2. The molecule has 0 aliphatic heterocycles. The quantitative estimate of drug-likeness (QED) is 0.611. The molecule has 26 heavy (non-hydrogen) atoms. The van der Waals surface area contributed by atoms with Crippen LogP contribution in [-0.2, 0) is 9.59 Å². The number of carboxylic acid groups (broad SMARTS) is 1. The monoisotopic (exact) mass is 426 g/mol. The molecule has 0 aromatic heterocycles. The molecule has 4 aliphatic rings. The summed E-state index contributed by atoms with van der Waals surface area (Å²) in [6.45, 7) is 4.76. The zero-order valence-corrected chi connectivity index (χ0v) is 17.4. The third kappa shape index (κ3) is 3.30. The van der Waals surface area contributed by atoms with Gasteiger partial charge in [0.05, 0.1) is 6.10 Å². The highest BCUT2D eigenvalue weighted by atomic mass is 79.9. The average Bonchev–Trinajstić information content (AvgIpc) is 2.91. The number of carboxylic acids is 1. The van der Waals surface area contributed by atoms with Gasteiger partial charge in [0.15, 0.2) is 5.78 Å². The Labute approximate surface area is 164 Å². The van der Waals surface area contributed by atoms with Crippen molar-refractivity contribution >= 4 is 27.7 Å². The Morgan fingerprint density at radius 1 is 1.15 bits per heavy atom. The van der Waals surface area contributed by atoms with Crippen LogP contribution in [0.25, 0.3) is 0 Å². The molecule has 4 nitrogen and oxygen atoms in total. The second kappa shape index (κ2) is 7.38. The summed E-state index contributed by atoms with van der Waals surface area (Å²) >= 11 is 2.71. The fourth-order valence-electron chi connectivity index (χ4n) is 6.53. The number of allylic oxidation sites excluding steroid dienone is 1. The molecule has 4 rings (SSSR count). The van der Waals surface area contributed by atoms with E-state index in [0.29, 0.717) is 11.7 Å². The second-order valence-corrected chi connectivity index (χ2v) is 9.69. The van der Waals surface area contributed by atoms with Crippen LogP contribution >= 0.6 is 15.9 Å². The van der Waals surface area contributed by atoms with Crippen molar-refractivity contribution in [2.45, 2.75) is 71.3 Å². The Bertz CT molecular complexity index is 615. The molecule has 0 heterocycles. The fraction of sp³-hybridized carbons (Fsp3) is 0.810. The van der Waals surface area contributed by atoms with Crippen LogP contribution in [0.4, 0.5) is 0 Å². The summed E-state index contributed by atoms with van der Waals surface area (Å²) in [4.78, 5) is 21.1. The van der Waals surface area contributed by atoms with Crippen LogP contribution in [0, 0.1) is 28.6 Å². The summed E-state index contributed by atoms with van der Waals surface area (Å²) in [6.07, 6.45) is 10.7. The van der Waals surface area contributed by atoms with Crippen molar-refractivity contribution in [3.8, 4) is 0 Å². The molecule has 0 aromatic rings. The molecule has 0 radical (unpaired) electrons. The summed E-state index contributed by atoms with van der Waals surface area (Å²) in [6, 6.07) is 0. The van der Waals surface area contributed by atoms with Gasteiger partial charge in [-0.25, -0.2) is 0 Å². The lowest BCUT2D eigenvalue weighted by molar-refractivity contribution is -0.133. The molecule has 0 spiro atoms. The number of hydrogen-bond donors (Lipinski definition) is 2. The predicted octanol–water partition coefficient (Wildman–Crippen LogP) is 4.35. The van der Waals surface area contributed by atoms with Gasteiger partial charge in [0, 0.05) is 6.42 Å². The number of halogens is 1. The van der Waals surface area contributed by atoms with E-state index < -0.39 is 5.97 Å². The summed E-state index contributed by atoms with van der Waals surface area (Å²) in [5.74, 6) is 1.75. The van der Waals surface area contributed by atoms with Crippen molar-refractivity contribution in [1.82, 2.24) is 0 Å². The Kier molecular flexibility index (Phi) is 5.70. The van der Waals surface area contributed by atoms with Gasteiger partial charge in [0.2, 0.25) is 0 Å². The maximum atomic E-state index is 11.8. The van der Waals surface area contributed by atoms with E-state index >= 15 is 0 Å². The first-order valence-electron chi connectivity index (χ1n) is 9.92. The molecule has 4 aliphatic carbocycles. The van der Waals surface area contributed by atoms with Crippen LogP contribution in [0.5, 0.6) is 0 Å². The lowest BCUT2D eigenvalue weighted by atomic mass is 9.47. The van der Waals surface area contributed by atoms with Crippen molar-refractivity contribution in [3.05, 3.63) is 11.6 Å². The van der Waals surface area contributed by atoms with Crippen molar-refractivity contribution in [2.24, 2.45) is 28.6 Å². The first kappa shape index (κ1) is 20.1. The highest BCUT2D eigenvalue weighted by molar-refractivity contribution is 9.09. The number of ketones is 1. The molecule has 3 fully saturated rings. The van der Waals surface area contributed by atoms with Gasteiger partial charge in [-0.15, -0.1) is 0 Å². The lowest BCUT2D eigenvalue weighted by Crippen LogP contribution is -2.51. The Balaban J connectivity index is 0.000000349. The normalized spacial score (nSPS) is 44.0. The van der Waals surface area contributed by atoms with Crippen LogP contribution in [0.15, 0.2) is 11.6 Å². The molecule has 5 heteroatoms. The van der Waals surface area contributed by atoms with E-state index in [9.17, 15) is 14.7 Å². The fourth-order valence-corrected chi connectivity index (χ4v) is 6.53. The minimum Gasteiger partial charge on any atom is -0.481 e. The van der Waals surface area contributed by atoms with Crippen LogP contribution in [0.1, 0.15) is 65.2 Å². The zero-order valence-electron chi connectivity index (χ0n) is 15.8. The molecule has 2 N–H and O–H groups in total. The first-order valence-corrected chi connectivity index (χ1v) is 11.0. The standard InChI is InChI=1S/C19H28O2.C2H3BrO2/c1-18-9-7-13(20)11-12(18)3-4-14-15-5-6-17(21)19(15,2)10-8-16(14)18;3-1-2(4)5/h11,14-17,21H,3-10H2,1-2H3;1H2,(H,4,5)/t14-,15-,16-,17-,18-,19-;/m0./s1. The minimum absolute atomic E-state index is 0.0347. The molecule has 6 atom stereocenters. The molecule has 146 valence electrons. The lowest BCUT2D eigenvalue weighted by Gasteiger charge is -2.57. The summed E-state index contributed by atoms with van der Waals surface area (Å²) in [5, 5.41) is 18.2. The Morgan fingerprint density at radius 2 is 1.85 bits per heavy atom. The van der Waals surface area contributed by atoms with Gasteiger partial charge in [-0.2, -0.15) is 0 Å². The third-order valence-corrected chi connectivity index (χ3v) is 8.51. The predicted molar refractivity (Wildman–Crippen MR) is 104 cm³/mol. The third-order valence-electron chi connectivity index (χ3n) is 8.03. The number of rotatable bonds is 1. The molecule has 0 aromatic carbocycles. The first-order chi connectivity index (χ1) is 12.2. The number of carbonyl (C=O) groups excluding carboxylic acids is 1. The highest BCUT2D eigenvalue weighted by Gasteiger charge is 2.58. The maximum Gasteiger partial charge on any atom is 0.314 e. The van der Waals surface area contributed by atoms with Gasteiger partial charge in [0.25, 0.3) is 0 Å². The van der Waals surface area contributed by atoms with Crippen LogP contribution < -0.4 is 0 Å². The highest BCUT2D eigenvalue weighted by Crippen LogP contribution is 2.65. The number of fused-ring (bicyclic) bond motifs is 5. The number of hydrogen-bond acceptors (Lipinski definition) is 3. The van der Waals surface area contributed by atoms with E-state index in [2.05, 4.69) is 29.8 Å². The molecule has 0 amide bonds. The van der Waals surface area contributed by atoms with Crippen molar-refractivity contribution < 1.29 is 19.8 Å². The van der Waals surface area contributed by atoms with E-state index in [1.165, 1.54) is 31.3 Å². The number of aliphatic hydroxyl groups excluding tert-OH is 1. The molecule has 0 saturated heterocycles. The SMILES string of the molecule is C[C@]12CC[C@H]3[C@@H](CCC4=CC(=O)CC[C@@]43C)[C@@H]1CC[C@@H]2O.O=C(O)CBr. The van der Waals surface area contributed by atoms with Crippen LogP contribution in [0.3, 0.4) is 0 Å². The van der Waals surface area contributed by atoms with E-state index in [-0.39, 0.29) is 22.3 Å². The van der Waals surface area contributed by atoms with Gasteiger partial charge in [-0.3, -0.25) is 9.59 Å². The number of aliphatic hydroxyl groups is 1. The summed E-state index contributed by atoms with van der Waals surface area (Å²) in [7, 11) is 0. The van der Waals surface area contributed by atoms with Gasteiger partial charge in [-0.1, -0.05) is 35.4 Å². The Hall–Kier alpha value is -0.680. The molecule has 0 bridgehead atoms. The molecule has 3 saturated carbocycles. The van der Waals surface area contributed by atoms with Gasteiger partial charge >= 0.3 is 5.97 Å². The maximum absolute atomic E-state index is 11.8. The summed E-state index contributed by atoms with van der Waals surface area (Å²) in [5.41, 5.74) is 1.89.